The summed E-state index contributed by atoms with van der Waals surface area (Å²) in [7, 11) is 0. The number of rotatable bonds is 4. The van der Waals surface area contributed by atoms with Gasteiger partial charge in [-0.15, -0.1) is 0 Å². The molecule has 0 amide bonds. The van der Waals surface area contributed by atoms with E-state index in [1.807, 2.05) is 0 Å². The molecule has 3 N–H and O–H groups in total. The van der Waals surface area contributed by atoms with Gasteiger partial charge in [0.15, 0.2) is 0 Å². The van der Waals surface area contributed by atoms with Gasteiger partial charge in [-0.05, 0) is 19.4 Å². The molecule has 0 spiro atoms. The van der Waals surface area contributed by atoms with E-state index in [4.69, 9.17) is 10.8 Å². The molecule has 0 saturated heterocycles. The summed E-state index contributed by atoms with van der Waals surface area (Å²) in [6.07, 6.45) is 1.76. The molecular weight excluding hydrogens is 145 g/mol. The molecule has 0 rings (SSSR count). The molecule has 0 atom stereocenters. The van der Waals surface area contributed by atoms with Crippen molar-refractivity contribution in [2.24, 2.45) is 5.73 Å². The molecule has 4 heteroatoms. The fourth-order valence-electron chi connectivity index (χ4n) is 0.421. The average molecular weight is 157 g/mol. The molecule has 0 heterocycles. The van der Waals surface area contributed by atoms with Crippen LogP contribution < -0.4 is 57.1 Å². The van der Waals surface area contributed by atoms with Crippen LogP contribution in [0.5, 0.6) is 0 Å². The quantitative estimate of drug-likeness (QED) is 0.345. The second-order valence-corrected chi connectivity index (χ2v) is 1.64. The summed E-state index contributed by atoms with van der Waals surface area (Å²) >= 11 is 0. The van der Waals surface area contributed by atoms with Crippen molar-refractivity contribution in [3.8, 4) is 0 Å². The van der Waals surface area contributed by atoms with Crippen LogP contribution in [0.1, 0.15) is 20.7 Å². The standard InChI is InChI=1S/C5H11NO2.K.H/c6-4-2-1-3-5(7)8;;/h1-4,6H2,(H,7,8);;/q;+1;-1. The molecule has 0 aromatic heterocycles. The minimum absolute atomic E-state index is 0. The largest absolute Gasteiger partial charge is 1.00 e. The van der Waals surface area contributed by atoms with Gasteiger partial charge in [0.05, 0.1) is 0 Å². The van der Waals surface area contributed by atoms with Gasteiger partial charge >= 0.3 is 57.4 Å². The monoisotopic (exact) mass is 157 g/mol. The van der Waals surface area contributed by atoms with Crippen LogP contribution in [0.4, 0.5) is 0 Å². The van der Waals surface area contributed by atoms with Crippen LogP contribution in [0, 0.1) is 0 Å². The van der Waals surface area contributed by atoms with Gasteiger partial charge in [-0.25, -0.2) is 0 Å². The number of hydrogen-bond donors (Lipinski definition) is 2. The Hall–Kier alpha value is 1.07. The van der Waals surface area contributed by atoms with Gasteiger partial charge in [0.2, 0.25) is 0 Å². The molecule has 0 aliphatic carbocycles. The van der Waals surface area contributed by atoms with Crippen molar-refractivity contribution in [2.75, 3.05) is 6.54 Å². The van der Waals surface area contributed by atoms with Crippen molar-refractivity contribution in [3.63, 3.8) is 0 Å². The predicted molar refractivity (Wildman–Crippen MR) is 31.7 cm³/mol. The van der Waals surface area contributed by atoms with Gasteiger partial charge in [-0.3, -0.25) is 4.79 Å². The Labute approximate surface area is 98.9 Å². The summed E-state index contributed by atoms with van der Waals surface area (Å²) < 4.78 is 0. The first-order chi connectivity index (χ1) is 3.77. The van der Waals surface area contributed by atoms with E-state index in [9.17, 15) is 4.79 Å². The number of carboxylic acids is 1. The second kappa shape index (κ2) is 9.07. The summed E-state index contributed by atoms with van der Waals surface area (Å²) in [6.45, 7) is 0.591. The minimum Gasteiger partial charge on any atom is -1.00 e. The number of carboxylic acid groups (broad SMARTS) is 1. The first-order valence-electron chi connectivity index (χ1n) is 2.69. The van der Waals surface area contributed by atoms with E-state index >= 15 is 0 Å². The Morgan fingerprint density at radius 1 is 1.56 bits per heavy atom. The molecule has 0 aliphatic rings. The molecule has 0 aromatic rings. The van der Waals surface area contributed by atoms with E-state index in [-0.39, 0.29) is 59.2 Å². The maximum absolute atomic E-state index is 9.83. The normalized spacial score (nSPS) is 8.11. The number of aliphatic carboxylic acids is 1. The van der Waals surface area contributed by atoms with Crippen molar-refractivity contribution in [1.29, 1.82) is 0 Å². The van der Waals surface area contributed by atoms with Crippen LogP contribution >= 0.6 is 0 Å². The van der Waals surface area contributed by atoms with Crippen molar-refractivity contribution in [1.82, 2.24) is 0 Å². The molecule has 0 unspecified atom stereocenters. The number of unbranched alkanes of at least 4 members (excludes halogenated alkanes) is 1. The molecule has 0 aliphatic heterocycles. The van der Waals surface area contributed by atoms with Crippen molar-refractivity contribution in [2.45, 2.75) is 19.3 Å². The second-order valence-electron chi connectivity index (χ2n) is 1.64. The van der Waals surface area contributed by atoms with Crippen molar-refractivity contribution in [3.05, 3.63) is 0 Å². The zero-order valence-electron chi connectivity index (χ0n) is 6.76. The van der Waals surface area contributed by atoms with Gasteiger partial charge in [-0.2, -0.15) is 0 Å². The van der Waals surface area contributed by atoms with Crippen molar-refractivity contribution < 1.29 is 62.7 Å². The molecular formula is C5H12KNO2. The third-order valence-electron chi connectivity index (χ3n) is 0.845. The van der Waals surface area contributed by atoms with E-state index < -0.39 is 5.97 Å². The van der Waals surface area contributed by atoms with E-state index in [0.29, 0.717) is 13.0 Å². The topological polar surface area (TPSA) is 63.3 Å². The van der Waals surface area contributed by atoms with Crippen LogP contribution in [0.25, 0.3) is 0 Å². The molecule has 9 heavy (non-hydrogen) atoms. The molecule has 3 nitrogen and oxygen atoms in total. The van der Waals surface area contributed by atoms with Crippen LogP contribution in [-0.2, 0) is 4.79 Å². The van der Waals surface area contributed by atoms with E-state index in [0.717, 1.165) is 6.42 Å². The molecule has 50 valence electrons. The summed E-state index contributed by atoms with van der Waals surface area (Å²) in [4.78, 5) is 9.83. The predicted octanol–water partition coefficient (Wildman–Crippen LogP) is -2.68. The van der Waals surface area contributed by atoms with Crippen LogP contribution in [0.15, 0.2) is 0 Å². The van der Waals surface area contributed by atoms with Crippen LogP contribution in [-0.4, -0.2) is 17.6 Å². The Balaban J connectivity index is -0.000000245. The zero-order chi connectivity index (χ0) is 6.41. The maximum Gasteiger partial charge on any atom is 1.00 e. The Bertz CT molecular complexity index is 82.0. The third-order valence-corrected chi connectivity index (χ3v) is 0.845. The SMILES string of the molecule is NCCCCC(=O)O.[H-].[K+]. The summed E-state index contributed by atoms with van der Waals surface area (Å²) in [6, 6.07) is 0. The summed E-state index contributed by atoms with van der Waals surface area (Å²) in [5.41, 5.74) is 5.12. The number of nitrogens with two attached hydrogens (primary N) is 1. The summed E-state index contributed by atoms with van der Waals surface area (Å²) in [5.74, 6) is -0.738. The number of carbonyl (C=O) groups is 1. The van der Waals surface area contributed by atoms with E-state index in [1.54, 1.807) is 0 Å². The Morgan fingerprint density at radius 3 is 2.44 bits per heavy atom. The summed E-state index contributed by atoms with van der Waals surface area (Å²) in [5, 5.41) is 8.10. The first-order valence-corrected chi connectivity index (χ1v) is 2.69. The Morgan fingerprint density at radius 2 is 2.11 bits per heavy atom. The van der Waals surface area contributed by atoms with Gasteiger partial charge in [0.25, 0.3) is 0 Å². The van der Waals surface area contributed by atoms with Gasteiger partial charge in [0.1, 0.15) is 0 Å². The molecule has 0 saturated carbocycles. The Kier molecular flexibility index (Phi) is 12.8. The molecule has 0 fully saturated rings. The van der Waals surface area contributed by atoms with Crippen LogP contribution in [0.2, 0.25) is 0 Å². The fraction of sp³-hybridized carbons (Fsp3) is 0.800. The molecule has 0 radical (unpaired) electrons. The van der Waals surface area contributed by atoms with Gasteiger partial charge < -0.3 is 12.3 Å². The average Bonchev–Trinajstić information content (AvgIpc) is 1.66. The zero-order valence-corrected chi connectivity index (χ0v) is 8.88. The van der Waals surface area contributed by atoms with Gasteiger partial charge in [0, 0.05) is 6.42 Å². The van der Waals surface area contributed by atoms with E-state index in [2.05, 4.69) is 0 Å². The van der Waals surface area contributed by atoms with Crippen molar-refractivity contribution >= 4 is 5.97 Å². The molecule has 0 bridgehead atoms. The number of hydrogen-bond acceptors (Lipinski definition) is 2. The smallest absolute Gasteiger partial charge is 1.00 e. The van der Waals surface area contributed by atoms with Gasteiger partial charge in [-0.1, -0.05) is 0 Å². The van der Waals surface area contributed by atoms with Crippen LogP contribution in [0.3, 0.4) is 0 Å². The maximum atomic E-state index is 9.83. The van der Waals surface area contributed by atoms with E-state index in [1.165, 1.54) is 0 Å². The molecule has 0 aromatic carbocycles. The first kappa shape index (κ1) is 12.7. The third kappa shape index (κ3) is 12.3. The fourth-order valence-corrected chi connectivity index (χ4v) is 0.421. The minimum atomic E-state index is -0.738.